The van der Waals surface area contributed by atoms with Crippen molar-refractivity contribution in [2.75, 3.05) is 13.7 Å². The molecule has 12 heavy (non-hydrogen) atoms. The van der Waals surface area contributed by atoms with Gasteiger partial charge in [-0.05, 0) is 27.5 Å². The minimum atomic E-state index is -0.0999. The van der Waals surface area contributed by atoms with Gasteiger partial charge in [-0.15, -0.1) is 0 Å². The van der Waals surface area contributed by atoms with E-state index in [4.69, 9.17) is 4.74 Å². The molecular formula is C7H11BrN2OS. The van der Waals surface area contributed by atoms with Crippen molar-refractivity contribution in [1.82, 2.24) is 9.36 Å². The van der Waals surface area contributed by atoms with Gasteiger partial charge in [-0.1, -0.05) is 13.8 Å². The van der Waals surface area contributed by atoms with Gasteiger partial charge in [0, 0.05) is 12.5 Å². The number of hydrogen-bond donors (Lipinski definition) is 0. The van der Waals surface area contributed by atoms with Gasteiger partial charge >= 0.3 is 0 Å². The largest absolute Gasteiger partial charge is 0.384 e. The van der Waals surface area contributed by atoms with E-state index in [-0.39, 0.29) is 5.41 Å². The van der Waals surface area contributed by atoms with Crippen LogP contribution in [0.1, 0.15) is 19.7 Å². The van der Waals surface area contributed by atoms with Crippen LogP contribution in [0, 0.1) is 0 Å². The number of hydrogen-bond acceptors (Lipinski definition) is 4. The Morgan fingerprint density at radius 1 is 1.58 bits per heavy atom. The Bertz CT molecular complexity index is 262. The molecule has 0 N–H and O–H groups in total. The summed E-state index contributed by atoms with van der Waals surface area (Å²) in [7, 11) is 1.68. The van der Waals surface area contributed by atoms with Crippen molar-refractivity contribution in [3.05, 3.63) is 9.74 Å². The summed E-state index contributed by atoms with van der Waals surface area (Å²) in [5.41, 5.74) is -0.0999. The minimum absolute atomic E-state index is 0.0999. The summed E-state index contributed by atoms with van der Waals surface area (Å²) < 4.78 is 10.1. The third-order valence-corrected chi connectivity index (χ3v) is 2.63. The standard InChI is InChI=1S/C7H11BrN2OS/c1-7(2,4-11-3)5-9-6(8)12-10-5/h4H2,1-3H3. The molecule has 0 saturated carbocycles. The maximum atomic E-state index is 5.08. The van der Waals surface area contributed by atoms with E-state index >= 15 is 0 Å². The van der Waals surface area contributed by atoms with Gasteiger partial charge in [0.05, 0.1) is 6.61 Å². The zero-order valence-corrected chi connectivity index (χ0v) is 9.70. The molecule has 0 aliphatic heterocycles. The molecule has 0 radical (unpaired) electrons. The Kier molecular flexibility index (Phi) is 3.20. The highest BCUT2D eigenvalue weighted by atomic mass is 79.9. The highest BCUT2D eigenvalue weighted by Gasteiger charge is 2.25. The summed E-state index contributed by atoms with van der Waals surface area (Å²) in [5.74, 6) is 0.834. The zero-order chi connectivity index (χ0) is 9.19. The van der Waals surface area contributed by atoms with Crippen LogP contribution in [0.3, 0.4) is 0 Å². The van der Waals surface area contributed by atoms with E-state index in [1.165, 1.54) is 11.5 Å². The fourth-order valence-electron chi connectivity index (χ4n) is 0.905. The fraction of sp³-hybridized carbons (Fsp3) is 0.714. The number of nitrogens with zero attached hydrogens (tertiary/aromatic N) is 2. The Morgan fingerprint density at radius 3 is 2.67 bits per heavy atom. The molecule has 1 aromatic heterocycles. The Balaban J connectivity index is 2.81. The Hall–Kier alpha value is -0.0000000000000000555. The lowest BCUT2D eigenvalue weighted by Crippen LogP contribution is -2.24. The van der Waals surface area contributed by atoms with Crippen LogP contribution in [-0.2, 0) is 10.2 Å². The second kappa shape index (κ2) is 3.81. The van der Waals surface area contributed by atoms with E-state index in [2.05, 4.69) is 39.1 Å². The summed E-state index contributed by atoms with van der Waals surface area (Å²) in [4.78, 5) is 4.25. The fourth-order valence-corrected chi connectivity index (χ4v) is 1.87. The van der Waals surface area contributed by atoms with Crippen LogP contribution in [0.4, 0.5) is 0 Å². The molecular weight excluding hydrogens is 240 g/mol. The SMILES string of the molecule is COCC(C)(C)c1nsc(Br)n1. The van der Waals surface area contributed by atoms with E-state index < -0.39 is 0 Å². The summed E-state index contributed by atoms with van der Waals surface area (Å²) in [6, 6.07) is 0. The first kappa shape index (κ1) is 10.1. The van der Waals surface area contributed by atoms with Gasteiger partial charge in [-0.25, -0.2) is 4.98 Å². The molecule has 1 aromatic rings. The van der Waals surface area contributed by atoms with Crippen LogP contribution >= 0.6 is 27.5 Å². The summed E-state index contributed by atoms with van der Waals surface area (Å²) in [6.07, 6.45) is 0. The second-order valence-electron chi connectivity index (χ2n) is 3.19. The molecule has 68 valence electrons. The van der Waals surface area contributed by atoms with E-state index in [0.717, 1.165) is 9.74 Å². The van der Waals surface area contributed by atoms with Gasteiger partial charge in [-0.3, -0.25) is 0 Å². The predicted octanol–water partition coefficient (Wildman–Crippen LogP) is 2.22. The van der Waals surface area contributed by atoms with Crippen LogP contribution in [0.25, 0.3) is 0 Å². The normalized spacial score (nSPS) is 12.0. The highest BCUT2D eigenvalue weighted by Crippen LogP contribution is 2.23. The van der Waals surface area contributed by atoms with Gasteiger partial charge in [0.25, 0.3) is 0 Å². The van der Waals surface area contributed by atoms with Crippen LogP contribution in [0.5, 0.6) is 0 Å². The lowest BCUT2D eigenvalue weighted by molar-refractivity contribution is 0.143. The first-order chi connectivity index (χ1) is 5.56. The Morgan fingerprint density at radius 2 is 2.25 bits per heavy atom. The van der Waals surface area contributed by atoms with E-state index in [0.29, 0.717) is 6.61 Å². The Labute approximate surface area is 84.5 Å². The smallest absolute Gasteiger partial charge is 0.179 e. The third-order valence-electron chi connectivity index (χ3n) is 1.51. The molecule has 0 saturated heterocycles. The van der Waals surface area contributed by atoms with Gasteiger partial charge in [0.1, 0.15) is 0 Å². The molecule has 0 fully saturated rings. The number of rotatable bonds is 3. The quantitative estimate of drug-likeness (QED) is 0.826. The second-order valence-corrected chi connectivity index (χ2v) is 5.22. The van der Waals surface area contributed by atoms with Gasteiger partial charge in [0.15, 0.2) is 9.74 Å². The monoisotopic (exact) mass is 250 g/mol. The lowest BCUT2D eigenvalue weighted by Gasteiger charge is -2.18. The number of halogens is 1. The third kappa shape index (κ3) is 2.24. The average Bonchev–Trinajstić information content (AvgIpc) is 2.36. The molecule has 0 aliphatic carbocycles. The van der Waals surface area contributed by atoms with Crippen LogP contribution < -0.4 is 0 Å². The van der Waals surface area contributed by atoms with Crippen molar-refractivity contribution >= 4 is 27.5 Å². The van der Waals surface area contributed by atoms with Gasteiger partial charge in [-0.2, -0.15) is 4.37 Å². The number of methoxy groups -OCH3 is 1. The first-order valence-corrected chi connectivity index (χ1v) is 5.11. The van der Waals surface area contributed by atoms with Gasteiger partial charge < -0.3 is 4.74 Å². The lowest BCUT2D eigenvalue weighted by atomic mass is 9.94. The molecule has 3 nitrogen and oxygen atoms in total. The van der Waals surface area contributed by atoms with Crippen LogP contribution in [0.2, 0.25) is 0 Å². The predicted molar refractivity (Wildman–Crippen MR) is 52.5 cm³/mol. The molecule has 5 heteroatoms. The maximum absolute atomic E-state index is 5.08. The van der Waals surface area contributed by atoms with Gasteiger partial charge in [0.2, 0.25) is 0 Å². The first-order valence-electron chi connectivity index (χ1n) is 3.55. The molecule has 0 amide bonds. The average molecular weight is 251 g/mol. The van der Waals surface area contributed by atoms with E-state index in [9.17, 15) is 0 Å². The highest BCUT2D eigenvalue weighted by molar-refractivity contribution is 9.11. The van der Waals surface area contributed by atoms with E-state index in [1.54, 1.807) is 7.11 Å². The molecule has 0 spiro atoms. The molecule has 0 aliphatic rings. The topological polar surface area (TPSA) is 35.0 Å². The van der Waals surface area contributed by atoms with Crippen molar-refractivity contribution in [3.63, 3.8) is 0 Å². The zero-order valence-electron chi connectivity index (χ0n) is 7.30. The molecule has 0 atom stereocenters. The van der Waals surface area contributed by atoms with Crippen LogP contribution in [0.15, 0.2) is 3.92 Å². The van der Waals surface area contributed by atoms with E-state index in [1.807, 2.05) is 0 Å². The molecule has 0 aromatic carbocycles. The molecule has 1 rings (SSSR count). The van der Waals surface area contributed by atoms with Crippen molar-refractivity contribution in [2.24, 2.45) is 0 Å². The van der Waals surface area contributed by atoms with Crippen molar-refractivity contribution in [1.29, 1.82) is 0 Å². The summed E-state index contributed by atoms with van der Waals surface area (Å²) in [5, 5.41) is 0. The molecule has 0 bridgehead atoms. The van der Waals surface area contributed by atoms with Crippen molar-refractivity contribution in [2.45, 2.75) is 19.3 Å². The number of ether oxygens (including phenoxy) is 1. The summed E-state index contributed by atoms with van der Waals surface area (Å²) >= 11 is 4.64. The van der Waals surface area contributed by atoms with Crippen molar-refractivity contribution < 1.29 is 4.74 Å². The van der Waals surface area contributed by atoms with Crippen molar-refractivity contribution in [3.8, 4) is 0 Å². The number of aromatic nitrogens is 2. The molecule has 1 heterocycles. The molecule has 0 unspecified atom stereocenters. The van der Waals surface area contributed by atoms with Crippen LogP contribution in [-0.4, -0.2) is 23.1 Å². The minimum Gasteiger partial charge on any atom is -0.384 e. The summed E-state index contributed by atoms with van der Waals surface area (Å²) in [6.45, 7) is 4.76. The maximum Gasteiger partial charge on any atom is 0.179 e.